The Kier molecular flexibility index (Phi) is 3.93. The third-order valence-corrected chi connectivity index (χ3v) is 2.66. The highest BCUT2D eigenvalue weighted by Gasteiger charge is 2.34. The zero-order chi connectivity index (χ0) is 15.6. The van der Waals surface area contributed by atoms with Gasteiger partial charge in [0.25, 0.3) is 5.91 Å². The average Bonchev–Trinajstić information content (AvgIpc) is 2.37. The quantitative estimate of drug-likeness (QED) is 0.857. The number of carbonyl (C=O) groups excluding carboxylic acids is 1. The molecule has 2 aromatic rings. The zero-order valence-electron chi connectivity index (χ0n) is 10.8. The molecule has 1 heterocycles. The lowest BCUT2D eigenvalue weighted by molar-refractivity contribution is -0.140. The van der Waals surface area contributed by atoms with Crippen LogP contribution in [0.5, 0.6) is 0 Å². The highest BCUT2D eigenvalue weighted by Crippen LogP contribution is 2.32. The van der Waals surface area contributed by atoms with E-state index in [0.717, 1.165) is 6.07 Å². The van der Waals surface area contributed by atoms with E-state index < -0.39 is 23.5 Å². The van der Waals surface area contributed by atoms with Crippen LogP contribution in [-0.2, 0) is 6.18 Å². The molecule has 0 saturated carbocycles. The minimum absolute atomic E-state index is 0.206. The smallest absolute Gasteiger partial charge is 0.307 e. The molecule has 0 unspecified atom stereocenters. The molecular formula is C14H10F4N2O. The predicted octanol–water partition coefficient (Wildman–Crippen LogP) is 3.80. The molecule has 0 bridgehead atoms. The van der Waals surface area contributed by atoms with Gasteiger partial charge in [0.1, 0.15) is 11.6 Å². The van der Waals surface area contributed by atoms with Crippen molar-refractivity contribution in [2.45, 2.75) is 13.1 Å². The number of carbonyl (C=O) groups is 1. The summed E-state index contributed by atoms with van der Waals surface area (Å²) in [5, 5.41) is 2.36. The summed E-state index contributed by atoms with van der Waals surface area (Å²) in [7, 11) is 0. The summed E-state index contributed by atoms with van der Waals surface area (Å²) in [5.41, 5.74) is -1.14. The first-order valence-corrected chi connectivity index (χ1v) is 5.89. The van der Waals surface area contributed by atoms with Gasteiger partial charge in [-0.3, -0.25) is 4.79 Å². The topological polar surface area (TPSA) is 42.0 Å². The summed E-state index contributed by atoms with van der Waals surface area (Å²) in [6.45, 7) is 1.70. The Morgan fingerprint density at radius 2 is 1.90 bits per heavy atom. The lowest BCUT2D eigenvalue weighted by Crippen LogP contribution is -2.16. The number of hydrogen-bond acceptors (Lipinski definition) is 2. The maximum atomic E-state index is 13.1. The summed E-state index contributed by atoms with van der Waals surface area (Å²) < 4.78 is 50.9. The summed E-state index contributed by atoms with van der Waals surface area (Å²) in [6, 6.07) is 6.91. The lowest BCUT2D eigenvalue weighted by atomic mass is 10.1. The van der Waals surface area contributed by atoms with Gasteiger partial charge in [-0.1, -0.05) is 6.07 Å². The summed E-state index contributed by atoms with van der Waals surface area (Å²) in [6.07, 6.45) is -4.86. The molecule has 0 radical (unpaired) electrons. The van der Waals surface area contributed by atoms with Gasteiger partial charge in [-0.05, 0) is 37.3 Å². The fourth-order valence-corrected chi connectivity index (χ4v) is 1.68. The third-order valence-electron chi connectivity index (χ3n) is 2.66. The Morgan fingerprint density at radius 1 is 1.19 bits per heavy atom. The van der Waals surface area contributed by atoms with Gasteiger partial charge in [0, 0.05) is 11.3 Å². The number of hydrogen-bond donors (Lipinski definition) is 1. The molecule has 1 amide bonds. The van der Waals surface area contributed by atoms with Crippen LogP contribution in [0.1, 0.15) is 21.6 Å². The first-order chi connectivity index (χ1) is 9.77. The number of aromatic nitrogens is 1. The summed E-state index contributed by atoms with van der Waals surface area (Å²) >= 11 is 0. The average molecular weight is 298 g/mol. The molecule has 0 aliphatic heterocycles. The van der Waals surface area contributed by atoms with Crippen molar-refractivity contribution in [3.63, 3.8) is 0 Å². The zero-order valence-corrected chi connectivity index (χ0v) is 10.8. The maximum absolute atomic E-state index is 13.1. The van der Waals surface area contributed by atoms with Crippen LogP contribution in [0.4, 0.5) is 23.4 Å². The van der Waals surface area contributed by atoms with Crippen LogP contribution in [0, 0.1) is 12.7 Å². The van der Waals surface area contributed by atoms with E-state index in [0.29, 0.717) is 17.8 Å². The summed E-state index contributed by atoms with van der Waals surface area (Å²) in [5.74, 6) is -2.01. The van der Waals surface area contributed by atoms with Crippen LogP contribution in [0.25, 0.3) is 0 Å². The van der Waals surface area contributed by atoms with Crippen LogP contribution < -0.4 is 5.32 Å². The standard InChI is InChI=1S/C14H10F4N2O/c1-8-3-2-4-12(19-8)20-13(21)9-5-6-11(15)10(7-9)14(16,17)18/h2-7H,1H3,(H,19,20,21). The van der Waals surface area contributed by atoms with E-state index >= 15 is 0 Å². The Morgan fingerprint density at radius 3 is 2.52 bits per heavy atom. The van der Waals surface area contributed by atoms with Crippen LogP contribution in [0.2, 0.25) is 0 Å². The third kappa shape index (κ3) is 3.56. The molecule has 21 heavy (non-hydrogen) atoms. The number of rotatable bonds is 2. The number of pyridine rings is 1. The van der Waals surface area contributed by atoms with E-state index in [2.05, 4.69) is 10.3 Å². The van der Waals surface area contributed by atoms with Crippen molar-refractivity contribution in [2.24, 2.45) is 0 Å². The van der Waals surface area contributed by atoms with Gasteiger partial charge < -0.3 is 5.32 Å². The summed E-state index contributed by atoms with van der Waals surface area (Å²) in [4.78, 5) is 15.9. The molecule has 3 nitrogen and oxygen atoms in total. The molecular weight excluding hydrogens is 288 g/mol. The molecule has 0 aliphatic rings. The monoisotopic (exact) mass is 298 g/mol. The first kappa shape index (κ1) is 15.0. The fraction of sp³-hybridized carbons (Fsp3) is 0.143. The van der Waals surface area contributed by atoms with Crippen LogP contribution >= 0.6 is 0 Å². The normalized spacial score (nSPS) is 11.3. The molecule has 1 N–H and O–H groups in total. The number of aryl methyl sites for hydroxylation is 1. The van der Waals surface area contributed by atoms with Crippen molar-refractivity contribution in [1.82, 2.24) is 4.98 Å². The minimum Gasteiger partial charge on any atom is -0.307 e. The molecule has 0 spiro atoms. The van der Waals surface area contributed by atoms with Gasteiger partial charge in [-0.2, -0.15) is 13.2 Å². The number of halogens is 4. The number of alkyl halides is 3. The second-order valence-corrected chi connectivity index (χ2v) is 4.31. The van der Waals surface area contributed by atoms with Crippen molar-refractivity contribution in [2.75, 3.05) is 5.32 Å². The van der Waals surface area contributed by atoms with Gasteiger partial charge in [0.2, 0.25) is 0 Å². The number of anilines is 1. The number of amides is 1. The molecule has 2 rings (SSSR count). The Hall–Kier alpha value is -2.44. The second-order valence-electron chi connectivity index (χ2n) is 4.31. The fourth-order valence-electron chi connectivity index (χ4n) is 1.68. The van der Waals surface area contributed by atoms with Gasteiger partial charge >= 0.3 is 6.18 Å². The van der Waals surface area contributed by atoms with Crippen molar-refractivity contribution >= 4 is 11.7 Å². The van der Waals surface area contributed by atoms with Crippen molar-refractivity contribution < 1.29 is 22.4 Å². The van der Waals surface area contributed by atoms with Gasteiger partial charge in [-0.15, -0.1) is 0 Å². The van der Waals surface area contributed by atoms with E-state index in [4.69, 9.17) is 0 Å². The van der Waals surface area contributed by atoms with Crippen LogP contribution in [-0.4, -0.2) is 10.9 Å². The first-order valence-electron chi connectivity index (χ1n) is 5.89. The molecule has 0 saturated heterocycles. The van der Waals surface area contributed by atoms with E-state index in [1.54, 1.807) is 19.1 Å². The van der Waals surface area contributed by atoms with E-state index in [1.165, 1.54) is 6.07 Å². The molecule has 1 aromatic carbocycles. The Balaban J connectivity index is 2.28. The molecule has 0 aliphatic carbocycles. The molecule has 7 heteroatoms. The van der Waals surface area contributed by atoms with Crippen LogP contribution in [0.3, 0.4) is 0 Å². The predicted molar refractivity (Wildman–Crippen MR) is 68.3 cm³/mol. The molecule has 0 atom stereocenters. The minimum atomic E-state index is -4.86. The Labute approximate surface area is 117 Å². The Bertz CT molecular complexity index is 683. The van der Waals surface area contributed by atoms with E-state index in [9.17, 15) is 22.4 Å². The lowest BCUT2D eigenvalue weighted by Gasteiger charge is -2.10. The largest absolute Gasteiger partial charge is 0.419 e. The number of nitrogens with one attached hydrogen (secondary N) is 1. The van der Waals surface area contributed by atoms with Gasteiger partial charge in [0.15, 0.2) is 0 Å². The molecule has 1 aromatic heterocycles. The number of nitrogens with zero attached hydrogens (tertiary/aromatic N) is 1. The van der Waals surface area contributed by atoms with E-state index in [-0.39, 0.29) is 11.4 Å². The van der Waals surface area contributed by atoms with E-state index in [1.807, 2.05) is 0 Å². The highest BCUT2D eigenvalue weighted by atomic mass is 19.4. The van der Waals surface area contributed by atoms with Crippen molar-refractivity contribution in [3.05, 3.63) is 59.0 Å². The maximum Gasteiger partial charge on any atom is 0.419 e. The van der Waals surface area contributed by atoms with Crippen LogP contribution in [0.15, 0.2) is 36.4 Å². The van der Waals surface area contributed by atoms with Gasteiger partial charge in [0.05, 0.1) is 5.56 Å². The molecule has 110 valence electrons. The molecule has 0 fully saturated rings. The SMILES string of the molecule is Cc1cccc(NC(=O)c2ccc(F)c(C(F)(F)F)c2)n1. The van der Waals surface area contributed by atoms with Crippen molar-refractivity contribution in [3.8, 4) is 0 Å². The van der Waals surface area contributed by atoms with Gasteiger partial charge in [-0.25, -0.2) is 9.37 Å². The second kappa shape index (κ2) is 5.51. The number of benzene rings is 1. The van der Waals surface area contributed by atoms with Crippen molar-refractivity contribution in [1.29, 1.82) is 0 Å². The highest BCUT2D eigenvalue weighted by molar-refractivity contribution is 6.03.